The molecule has 4 nitrogen and oxygen atoms in total. The molecule has 0 unspecified atom stereocenters. The highest BCUT2D eigenvalue weighted by Gasteiger charge is 2.34. The Morgan fingerprint density at radius 1 is 1.08 bits per heavy atom. The zero-order valence-electron chi connectivity index (χ0n) is 14.8. The number of aryl methyl sites for hydroxylation is 1. The number of hydrogen-bond acceptors (Lipinski definition) is 1. The first-order valence-corrected chi connectivity index (χ1v) is 9.20. The smallest absolute Gasteiger partial charge is 0.287 e. The lowest BCUT2D eigenvalue weighted by atomic mass is 10.0. The van der Waals surface area contributed by atoms with Gasteiger partial charge in [-0.25, -0.2) is 0 Å². The van der Waals surface area contributed by atoms with Crippen molar-refractivity contribution in [1.29, 1.82) is 0 Å². The summed E-state index contributed by atoms with van der Waals surface area (Å²) < 4.78 is 0. The maximum absolute atomic E-state index is 13.1. The van der Waals surface area contributed by atoms with Crippen LogP contribution in [-0.4, -0.2) is 39.1 Å². The molecule has 5 heteroatoms. The summed E-state index contributed by atoms with van der Waals surface area (Å²) in [5.74, 6) is 0.0284. The average molecular weight is 360 g/mol. The van der Waals surface area contributed by atoms with Crippen molar-refractivity contribution in [3.63, 3.8) is 0 Å². The first-order valence-electron chi connectivity index (χ1n) is 8.82. The molecule has 132 valence electrons. The highest BCUT2D eigenvalue weighted by atomic mass is 35.5. The second-order valence-corrected chi connectivity index (χ2v) is 7.32. The van der Waals surface area contributed by atoms with Crippen molar-refractivity contribution in [3.05, 3.63) is 64.7 Å². The maximum Gasteiger partial charge on any atom is 0.287 e. The SMILES string of the molecule is Cc1ccc(NC(=O)[C@H](c2ccccc2)[NH+]2CC[NH+](C)CC2)cc1Cl. The van der Waals surface area contributed by atoms with Crippen LogP contribution in [0.1, 0.15) is 17.2 Å². The predicted octanol–water partition coefficient (Wildman–Crippen LogP) is 0.741. The fourth-order valence-corrected chi connectivity index (χ4v) is 3.57. The van der Waals surface area contributed by atoms with E-state index < -0.39 is 0 Å². The fraction of sp³-hybridized carbons (Fsp3) is 0.350. The minimum atomic E-state index is -0.200. The number of carbonyl (C=O) groups excluding carboxylic acids is 1. The lowest BCUT2D eigenvalue weighted by Gasteiger charge is -2.32. The number of likely N-dealkylation sites (N-methyl/N-ethyl adjacent to an activating group) is 1. The molecule has 0 saturated carbocycles. The Balaban J connectivity index is 1.83. The van der Waals surface area contributed by atoms with Gasteiger partial charge in [0.05, 0.1) is 7.05 Å². The molecule has 3 rings (SSSR count). The number of carbonyl (C=O) groups is 1. The number of quaternary nitrogens is 2. The monoisotopic (exact) mass is 359 g/mol. The van der Waals surface area contributed by atoms with Gasteiger partial charge in [-0.05, 0) is 24.6 Å². The molecule has 0 bridgehead atoms. The Morgan fingerprint density at radius 3 is 2.40 bits per heavy atom. The first-order chi connectivity index (χ1) is 12.0. The molecule has 0 aliphatic carbocycles. The van der Waals surface area contributed by atoms with Crippen LogP contribution in [0.2, 0.25) is 5.02 Å². The molecule has 0 spiro atoms. The minimum Gasteiger partial charge on any atom is -0.328 e. The highest BCUT2D eigenvalue weighted by Crippen LogP contribution is 2.21. The number of nitrogens with one attached hydrogen (secondary N) is 3. The van der Waals surface area contributed by atoms with Gasteiger partial charge in [0.15, 0.2) is 6.04 Å². The normalized spacial score (nSPS) is 21.6. The Bertz CT molecular complexity index is 727. The number of halogens is 1. The van der Waals surface area contributed by atoms with E-state index in [9.17, 15) is 4.79 Å². The van der Waals surface area contributed by atoms with Crippen LogP contribution in [-0.2, 0) is 4.79 Å². The molecule has 2 aromatic rings. The molecule has 1 aliphatic rings. The lowest BCUT2D eigenvalue weighted by Crippen LogP contribution is -3.27. The van der Waals surface area contributed by atoms with Gasteiger partial charge in [-0.1, -0.05) is 48.0 Å². The predicted molar refractivity (Wildman–Crippen MR) is 101 cm³/mol. The van der Waals surface area contributed by atoms with Gasteiger partial charge in [0, 0.05) is 16.3 Å². The minimum absolute atomic E-state index is 0.0284. The molecule has 0 radical (unpaired) electrons. The standard InChI is InChI=1S/C20H24ClN3O/c1-15-8-9-17(14-18(15)21)22-20(25)19(16-6-4-3-5-7-16)24-12-10-23(2)11-13-24/h3-9,14,19H,10-13H2,1-2H3,(H,22,25)/p+2/t19-/m0/s1. The van der Waals surface area contributed by atoms with E-state index in [0.717, 1.165) is 43.0 Å². The van der Waals surface area contributed by atoms with Crippen LogP contribution in [0.25, 0.3) is 0 Å². The van der Waals surface area contributed by atoms with Gasteiger partial charge in [-0.15, -0.1) is 0 Å². The lowest BCUT2D eigenvalue weighted by molar-refractivity contribution is -1.01. The Hall–Kier alpha value is -1.88. The number of rotatable bonds is 4. The summed E-state index contributed by atoms with van der Waals surface area (Å²) in [4.78, 5) is 16.0. The van der Waals surface area contributed by atoms with E-state index in [1.54, 1.807) is 0 Å². The van der Waals surface area contributed by atoms with Crippen LogP contribution in [0.4, 0.5) is 5.69 Å². The summed E-state index contributed by atoms with van der Waals surface area (Å²) in [5.41, 5.74) is 2.82. The third-order valence-corrected chi connectivity index (χ3v) is 5.40. The van der Waals surface area contributed by atoms with E-state index in [1.165, 1.54) is 9.80 Å². The van der Waals surface area contributed by atoms with Gasteiger partial charge in [0.25, 0.3) is 5.91 Å². The van der Waals surface area contributed by atoms with Crippen LogP contribution in [0.15, 0.2) is 48.5 Å². The fourth-order valence-electron chi connectivity index (χ4n) is 3.39. The number of piperazine rings is 1. The average Bonchev–Trinajstić information content (AvgIpc) is 2.61. The summed E-state index contributed by atoms with van der Waals surface area (Å²) >= 11 is 6.20. The quantitative estimate of drug-likeness (QED) is 0.740. The summed E-state index contributed by atoms with van der Waals surface area (Å²) in [6.45, 7) is 6.11. The van der Waals surface area contributed by atoms with E-state index >= 15 is 0 Å². The van der Waals surface area contributed by atoms with E-state index in [2.05, 4.69) is 12.4 Å². The Labute approximate surface area is 154 Å². The van der Waals surface area contributed by atoms with Crippen LogP contribution in [0.5, 0.6) is 0 Å². The largest absolute Gasteiger partial charge is 0.328 e. The number of benzene rings is 2. The molecular weight excluding hydrogens is 334 g/mol. The number of hydrogen-bond donors (Lipinski definition) is 3. The molecule has 1 saturated heterocycles. The molecule has 1 amide bonds. The summed E-state index contributed by atoms with van der Waals surface area (Å²) in [6, 6.07) is 15.5. The second kappa shape index (κ2) is 8.00. The molecule has 3 N–H and O–H groups in total. The summed E-state index contributed by atoms with van der Waals surface area (Å²) in [7, 11) is 2.21. The highest BCUT2D eigenvalue weighted by molar-refractivity contribution is 6.31. The topological polar surface area (TPSA) is 38.0 Å². The van der Waals surface area contributed by atoms with Gasteiger partial charge in [-0.3, -0.25) is 4.79 Å². The zero-order chi connectivity index (χ0) is 17.8. The van der Waals surface area contributed by atoms with Crippen LogP contribution < -0.4 is 15.1 Å². The van der Waals surface area contributed by atoms with Crippen molar-refractivity contribution < 1.29 is 14.6 Å². The van der Waals surface area contributed by atoms with Gasteiger partial charge in [-0.2, -0.15) is 0 Å². The first kappa shape index (κ1) is 17.9. The molecule has 2 aromatic carbocycles. The van der Waals surface area contributed by atoms with Crippen molar-refractivity contribution in [2.45, 2.75) is 13.0 Å². The van der Waals surface area contributed by atoms with E-state index in [4.69, 9.17) is 11.6 Å². The second-order valence-electron chi connectivity index (χ2n) is 6.91. The molecule has 1 aliphatic heterocycles. The molecule has 1 heterocycles. The van der Waals surface area contributed by atoms with Gasteiger partial charge < -0.3 is 15.1 Å². The maximum atomic E-state index is 13.1. The van der Waals surface area contributed by atoms with E-state index in [1.807, 2.05) is 55.5 Å². The van der Waals surface area contributed by atoms with Crippen LogP contribution in [0, 0.1) is 6.92 Å². The van der Waals surface area contributed by atoms with E-state index in [0.29, 0.717) is 5.02 Å². The van der Waals surface area contributed by atoms with Crippen LogP contribution in [0.3, 0.4) is 0 Å². The Kier molecular flexibility index (Phi) is 5.74. The zero-order valence-corrected chi connectivity index (χ0v) is 15.6. The third kappa shape index (κ3) is 4.40. The van der Waals surface area contributed by atoms with Crippen molar-refractivity contribution in [1.82, 2.24) is 0 Å². The van der Waals surface area contributed by atoms with Crippen LogP contribution >= 0.6 is 11.6 Å². The summed E-state index contributed by atoms with van der Waals surface area (Å²) in [5, 5.41) is 3.74. The molecule has 1 atom stereocenters. The van der Waals surface area contributed by atoms with Gasteiger partial charge in [0.2, 0.25) is 0 Å². The summed E-state index contributed by atoms with van der Waals surface area (Å²) in [6.07, 6.45) is 0. The number of amides is 1. The van der Waals surface area contributed by atoms with Gasteiger partial charge >= 0.3 is 0 Å². The van der Waals surface area contributed by atoms with Crippen molar-refractivity contribution in [3.8, 4) is 0 Å². The molecule has 1 fully saturated rings. The molecule has 25 heavy (non-hydrogen) atoms. The van der Waals surface area contributed by atoms with Crippen molar-refractivity contribution >= 4 is 23.2 Å². The van der Waals surface area contributed by atoms with Gasteiger partial charge in [0.1, 0.15) is 26.2 Å². The van der Waals surface area contributed by atoms with Crippen molar-refractivity contribution in [2.75, 3.05) is 38.5 Å². The molecular formula is C20H26ClN3O+2. The van der Waals surface area contributed by atoms with E-state index in [-0.39, 0.29) is 11.9 Å². The molecule has 0 aromatic heterocycles. The van der Waals surface area contributed by atoms with Crippen molar-refractivity contribution in [2.24, 2.45) is 0 Å². The number of anilines is 1. The third-order valence-electron chi connectivity index (χ3n) is 4.99. The Morgan fingerprint density at radius 2 is 1.76 bits per heavy atom.